The summed E-state index contributed by atoms with van der Waals surface area (Å²) in [5.74, 6) is -0.351. The topological polar surface area (TPSA) is 93.4 Å². The summed E-state index contributed by atoms with van der Waals surface area (Å²) >= 11 is 5.08. The van der Waals surface area contributed by atoms with Gasteiger partial charge >= 0.3 is 0 Å². The predicted molar refractivity (Wildman–Crippen MR) is 101 cm³/mol. The second-order valence-corrected chi connectivity index (χ2v) is 5.34. The van der Waals surface area contributed by atoms with E-state index in [2.05, 4.69) is 10.6 Å². The van der Waals surface area contributed by atoms with Crippen molar-refractivity contribution in [2.75, 3.05) is 12.4 Å². The number of rotatable bonds is 5. The number of benzene rings is 2. The maximum absolute atomic E-state index is 12.0. The Morgan fingerprint density at radius 1 is 1.12 bits per heavy atom. The molecule has 0 saturated carbocycles. The first-order valence-electron chi connectivity index (χ1n) is 7.33. The van der Waals surface area contributed by atoms with Gasteiger partial charge in [0.15, 0.2) is 5.11 Å². The molecule has 7 heteroatoms. The van der Waals surface area contributed by atoms with Crippen molar-refractivity contribution in [3.05, 3.63) is 65.7 Å². The number of carbonyl (C=O) groups is 2. The Morgan fingerprint density at radius 3 is 2.52 bits per heavy atom. The highest BCUT2D eigenvalue weighted by Gasteiger charge is 2.09. The Kier molecular flexibility index (Phi) is 6.25. The summed E-state index contributed by atoms with van der Waals surface area (Å²) in [6.07, 6.45) is 2.96. The van der Waals surface area contributed by atoms with E-state index in [0.717, 1.165) is 5.56 Å². The molecule has 0 aliphatic carbocycles. The van der Waals surface area contributed by atoms with Crippen LogP contribution in [0.2, 0.25) is 0 Å². The number of methoxy groups -OCH3 is 1. The van der Waals surface area contributed by atoms with Crippen LogP contribution in [0.25, 0.3) is 6.08 Å². The number of primary amides is 1. The molecular weight excluding hydrogens is 338 g/mol. The van der Waals surface area contributed by atoms with Crippen molar-refractivity contribution in [2.45, 2.75) is 0 Å². The fraction of sp³-hybridized carbons (Fsp3) is 0.0556. The van der Waals surface area contributed by atoms with E-state index < -0.39 is 11.8 Å². The molecule has 2 rings (SSSR count). The van der Waals surface area contributed by atoms with Gasteiger partial charge in [-0.3, -0.25) is 14.9 Å². The molecule has 6 nitrogen and oxygen atoms in total. The Balaban J connectivity index is 2.00. The third kappa shape index (κ3) is 5.15. The molecule has 0 unspecified atom stereocenters. The fourth-order valence-electron chi connectivity index (χ4n) is 2.08. The van der Waals surface area contributed by atoms with Crippen LogP contribution >= 0.6 is 12.2 Å². The number of nitrogens with two attached hydrogens (primary N) is 1. The molecular formula is C18H17N3O3S. The van der Waals surface area contributed by atoms with Crippen LogP contribution in [-0.4, -0.2) is 24.0 Å². The quantitative estimate of drug-likeness (QED) is 0.565. The minimum Gasteiger partial charge on any atom is -0.496 e. The van der Waals surface area contributed by atoms with Gasteiger partial charge in [0.25, 0.3) is 5.91 Å². The molecule has 25 heavy (non-hydrogen) atoms. The van der Waals surface area contributed by atoms with Crippen molar-refractivity contribution < 1.29 is 14.3 Å². The molecule has 2 aromatic rings. The maximum Gasteiger partial charge on any atom is 0.250 e. The third-order valence-electron chi connectivity index (χ3n) is 3.23. The first kappa shape index (κ1) is 18.2. The van der Waals surface area contributed by atoms with Gasteiger partial charge in [0.05, 0.1) is 18.4 Å². The molecule has 0 radical (unpaired) electrons. The number of carbonyl (C=O) groups excluding carboxylic acids is 2. The zero-order chi connectivity index (χ0) is 18.2. The lowest BCUT2D eigenvalue weighted by Gasteiger charge is -2.11. The number of hydrogen-bond donors (Lipinski definition) is 3. The highest BCUT2D eigenvalue weighted by Crippen LogP contribution is 2.18. The SMILES string of the molecule is COc1ccccc1C=CC(=O)NC(=S)Nc1ccccc1C(N)=O. The van der Waals surface area contributed by atoms with E-state index in [1.54, 1.807) is 43.5 Å². The van der Waals surface area contributed by atoms with E-state index in [9.17, 15) is 9.59 Å². The van der Waals surface area contributed by atoms with Gasteiger partial charge in [0.2, 0.25) is 5.91 Å². The minimum absolute atomic E-state index is 0.0587. The highest BCUT2D eigenvalue weighted by molar-refractivity contribution is 7.80. The van der Waals surface area contributed by atoms with Crippen LogP contribution in [0.3, 0.4) is 0 Å². The molecule has 0 fully saturated rings. The molecule has 2 amide bonds. The van der Waals surface area contributed by atoms with Gasteiger partial charge in [-0.15, -0.1) is 0 Å². The predicted octanol–water partition coefficient (Wildman–Crippen LogP) is 2.32. The molecule has 4 N–H and O–H groups in total. The van der Waals surface area contributed by atoms with E-state index in [4.69, 9.17) is 22.7 Å². The summed E-state index contributed by atoms with van der Waals surface area (Å²) in [5, 5.41) is 5.35. The smallest absolute Gasteiger partial charge is 0.250 e. The second kappa shape index (κ2) is 8.60. The van der Waals surface area contributed by atoms with E-state index in [-0.39, 0.29) is 10.7 Å². The number of anilines is 1. The summed E-state index contributed by atoms with van der Waals surface area (Å²) < 4.78 is 5.21. The van der Waals surface area contributed by atoms with Crippen molar-refractivity contribution in [2.24, 2.45) is 5.73 Å². The van der Waals surface area contributed by atoms with E-state index in [1.807, 2.05) is 18.2 Å². The first-order chi connectivity index (χ1) is 12.0. The molecule has 0 bridgehead atoms. The van der Waals surface area contributed by atoms with Crippen molar-refractivity contribution in [3.8, 4) is 5.75 Å². The lowest BCUT2D eigenvalue weighted by molar-refractivity contribution is -0.115. The van der Waals surface area contributed by atoms with Crippen LogP contribution in [-0.2, 0) is 4.79 Å². The van der Waals surface area contributed by atoms with Crippen molar-refractivity contribution in [3.63, 3.8) is 0 Å². The van der Waals surface area contributed by atoms with Gasteiger partial charge in [-0.05, 0) is 36.5 Å². The van der Waals surface area contributed by atoms with Gasteiger partial charge in [0, 0.05) is 11.6 Å². The number of nitrogens with one attached hydrogen (secondary N) is 2. The van der Waals surface area contributed by atoms with E-state index in [0.29, 0.717) is 11.4 Å². The van der Waals surface area contributed by atoms with Crippen LogP contribution in [0.5, 0.6) is 5.75 Å². The van der Waals surface area contributed by atoms with Crippen molar-refractivity contribution in [1.82, 2.24) is 5.32 Å². The first-order valence-corrected chi connectivity index (χ1v) is 7.74. The van der Waals surface area contributed by atoms with Gasteiger partial charge in [-0.2, -0.15) is 0 Å². The molecule has 0 saturated heterocycles. The third-order valence-corrected chi connectivity index (χ3v) is 3.43. The standard InChI is InChI=1S/C18H17N3O3S/c1-24-15-9-5-2-6-12(15)10-11-16(22)21-18(25)20-14-8-4-3-7-13(14)17(19)23/h2-11H,1H3,(H2,19,23)(H2,20,21,22,25). The lowest BCUT2D eigenvalue weighted by Crippen LogP contribution is -2.33. The molecule has 128 valence electrons. The Morgan fingerprint density at radius 2 is 1.80 bits per heavy atom. The van der Waals surface area contributed by atoms with Gasteiger partial charge < -0.3 is 15.8 Å². The molecule has 0 aliphatic heterocycles. The normalized spacial score (nSPS) is 10.3. The number of hydrogen-bond acceptors (Lipinski definition) is 4. The van der Waals surface area contributed by atoms with Gasteiger partial charge in [-0.25, -0.2) is 0 Å². The maximum atomic E-state index is 12.0. The Bertz CT molecular complexity index is 834. The summed E-state index contributed by atoms with van der Waals surface area (Å²) in [4.78, 5) is 23.4. The van der Waals surface area contributed by atoms with Crippen LogP contribution < -0.4 is 21.1 Å². The van der Waals surface area contributed by atoms with Crippen molar-refractivity contribution >= 4 is 40.9 Å². The summed E-state index contributed by atoms with van der Waals surface area (Å²) in [7, 11) is 1.56. The minimum atomic E-state index is -0.590. The van der Waals surface area contributed by atoms with E-state index >= 15 is 0 Å². The van der Waals surface area contributed by atoms with Crippen LogP contribution in [0.4, 0.5) is 5.69 Å². The van der Waals surface area contributed by atoms with Gasteiger partial charge in [0.1, 0.15) is 5.75 Å². The summed E-state index contributed by atoms with van der Waals surface area (Å²) in [6.45, 7) is 0. The molecule has 0 aromatic heterocycles. The van der Waals surface area contributed by atoms with Crippen LogP contribution in [0.1, 0.15) is 15.9 Å². The highest BCUT2D eigenvalue weighted by atomic mass is 32.1. The van der Waals surface area contributed by atoms with Gasteiger partial charge in [-0.1, -0.05) is 30.3 Å². The zero-order valence-electron chi connectivity index (χ0n) is 13.5. The Labute approximate surface area is 150 Å². The van der Waals surface area contributed by atoms with Crippen LogP contribution in [0, 0.1) is 0 Å². The number of amides is 2. The Hall–Kier alpha value is -3.19. The average Bonchev–Trinajstić information content (AvgIpc) is 2.60. The lowest BCUT2D eigenvalue weighted by atomic mass is 10.1. The number of thiocarbonyl (C=S) groups is 1. The molecule has 0 atom stereocenters. The van der Waals surface area contributed by atoms with Crippen LogP contribution in [0.15, 0.2) is 54.6 Å². The fourth-order valence-corrected chi connectivity index (χ4v) is 2.29. The van der Waals surface area contributed by atoms with Crippen molar-refractivity contribution in [1.29, 1.82) is 0 Å². The summed E-state index contributed by atoms with van der Waals surface area (Å²) in [6, 6.07) is 13.9. The number of ether oxygens (including phenoxy) is 1. The molecule has 0 aliphatic rings. The average molecular weight is 355 g/mol. The number of para-hydroxylation sites is 2. The zero-order valence-corrected chi connectivity index (χ0v) is 14.3. The summed E-state index contributed by atoms with van der Waals surface area (Å²) in [5.41, 5.74) is 6.77. The largest absolute Gasteiger partial charge is 0.496 e. The molecule has 0 spiro atoms. The monoisotopic (exact) mass is 355 g/mol. The molecule has 2 aromatic carbocycles. The second-order valence-electron chi connectivity index (χ2n) is 4.93. The molecule has 0 heterocycles. The van der Waals surface area contributed by atoms with E-state index in [1.165, 1.54) is 6.08 Å².